The summed E-state index contributed by atoms with van der Waals surface area (Å²) in [5.74, 6) is -0.466. The molecule has 0 saturated heterocycles. The standard InChI is InChI=1S/C10H6BrFOS/c11-8-3-4-14-10(8)7-2-1-6(13)5-9(7)12/h1-5,13H. The highest BCUT2D eigenvalue weighted by Gasteiger charge is 2.10. The predicted octanol–water partition coefficient (Wildman–Crippen LogP) is 4.02. The fourth-order valence-electron chi connectivity index (χ4n) is 1.17. The van der Waals surface area contributed by atoms with E-state index in [9.17, 15) is 4.39 Å². The second-order valence-corrected chi connectivity index (χ2v) is 4.53. The molecule has 1 aromatic heterocycles. The minimum atomic E-state index is -0.409. The van der Waals surface area contributed by atoms with E-state index in [1.165, 1.54) is 17.4 Å². The van der Waals surface area contributed by atoms with Crippen LogP contribution in [0.2, 0.25) is 0 Å². The van der Waals surface area contributed by atoms with Crippen LogP contribution in [-0.2, 0) is 0 Å². The molecule has 0 atom stereocenters. The second kappa shape index (κ2) is 3.71. The SMILES string of the molecule is Oc1ccc(-c2sccc2Br)c(F)c1. The number of phenolic OH excluding ortho intramolecular Hbond substituents is 1. The number of hydrogen-bond donors (Lipinski definition) is 1. The van der Waals surface area contributed by atoms with E-state index in [1.807, 2.05) is 11.4 Å². The molecule has 2 aromatic rings. The van der Waals surface area contributed by atoms with Gasteiger partial charge in [-0.1, -0.05) is 0 Å². The van der Waals surface area contributed by atoms with Crippen molar-refractivity contribution >= 4 is 27.3 Å². The minimum Gasteiger partial charge on any atom is -0.508 e. The van der Waals surface area contributed by atoms with E-state index in [1.54, 1.807) is 6.07 Å². The van der Waals surface area contributed by atoms with E-state index in [0.29, 0.717) is 5.56 Å². The fraction of sp³-hybridized carbons (Fsp3) is 0. The predicted molar refractivity (Wildman–Crippen MR) is 59.1 cm³/mol. The van der Waals surface area contributed by atoms with Crippen molar-refractivity contribution in [3.63, 3.8) is 0 Å². The van der Waals surface area contributed by atoms with E-state index < -0.39 is 5.82 Å². The topological polar surface area (TPSA) is 20.2 Å². The third kappa shape index (κ3) is 1.67. The van der Waals surface area contributed by atoms with E-state index in [4.69, 9.17) is 5.11 Å². The Bertz CT molecular complexity index is 467. The number of aromatic hydroxyl groups is 1. The smallest absolute Gasteiger partial charge is 0.135 e. The van der Waals surface area contributed by atoms with E-state index in [2.05, 4.69) is 15.9 Å². The molecule has 14 heavy (non-hydrogen) atoms. The van der Waals surface area contributed by atoms with Gasteiger partial charge < -0.3 is 5.11 Å². The van der Waals surface area contributed by atoms with Crippen molar-refractivity contribution in [3.8, 4) is 16.2 Å². The maximum atomic E-state index is 13.4. The molecular weight excluding hydrogens is 267 g/mol. The van der Waals surface area contributed by atoms with Gasteiger partial charge in [-0.05, 0) is 39.5 Å². The summed E-state index contributed by atoms with van der Waals surface area (Å²) in [5, 5.41) is 10.9. The van der Waals surface area contributed by atoms with Gasteiger partial charge in [0.05, 0.1) is 4.88 Å². The van der Waals surface area contributed by atoms with Crippen molar-refractivity contribution < 1.29 is 9.50 Å². The van der Waals surface area contributed by atoms with Gasteiger partial charge in [0.2, 0.25) is 0 Å². The van der Waals surface area contributed by atoms with Crippen LogP contribution in [0.3, 0.4) is 0 Å². The molecule has 0 amide bonds. The molecule has 72 valence electrons. The highest BCUT2D eigenvalue weighted by molar-refractivity contribution is 9.10. The number of phenols is 1. The zero-order chi connectivity index (χ0) is 10.1. The summed E-state index contributed by atoms with van der Waals surface area (Å²) < 4.78 is 14.3. The van der Waals surface area contributed by atoms with Gasteiger partial charge in [-0.15, -0.1) is 11.3 Å². The Balaban J connectivity index is 2.58. The van der Waals surface area contributed by atoms with Crippen molar-refractivity contribution in [1.82, 2.24) is 0 Å². The molecule has 0 spiro atoms. The molecule has 1 N–H and O–H groups in total. The summed E-state index contributed by atoms with van der Waals surface area (Å²) in [7, 11) is 0. The summed E-state index contributed by atoms with van der Waals surface area (Å²) in [6.45, 7) is 0. The van der Waals surface area contributed by atoms with Crippen LogP contribution in [0, 0.1) is 5.82 Å². The lowest BCUT2D eigenvalue weighted by atomic mass is 10.2. The third-order valence-electron chi connectivity index (χ3n) is 1.81. The number of rotatable bonds is 1. The van der Waals surface area contributed by atoms with Gasteiger partial charge >= 0.3 is 0 Å². The Hall–Kier alpha value is -0.870. The monoisotopic (exact) mass is 272 g/mol. The molecule has 4 heteroatoms. The Morgan fingerprint density at radius 3 is 2.64 bits per heavy atom. The van der Waals surface area contributed by atoms with Crippen LogP contribution in [0.1, 0.15) is 0 Å². The van der Waals surface area contributed by atoms with Crippen LogP contribution >= 0.6 is 27.3 Å². The molecule has 0 aliphatic carbocycles. The van der Waals surface area contributed by atoms with Gasteiger partial charge in [-0.2, -0.15) is 0 Å². The first-order valence-corrected chi connectivity index (χ1v) is 5.57. The van der Waals surface area contributed by atoms with Crippen molar-refractivity contribution in [3.05, 3.63) is 39.9 Å². The maximum absolute atomic E-state index is 13.4. The number of thiophene rings is 1. The third-order valence-corrected chi connectivity index (χ3v) is 3.69. The Labute approximate surface area is 93.0 Å². The van der Waals surface area contributed by atoms with Crippen molar-refractivity contribution in [1.29, 1.82) is 0 Å². The van der Waals surface area contributed by atoms with Crippen LogP contribution < -0.4 is 0 Å². The summed E-state index contributed by atoms with van der Waals surface area (Å²) in [6.07, 6.45) is 0. The summed E-state index contributed by atoms with van der Waals surface area (Å²) in [5.41, 5.74) is 0.504. The van der Waals surface area contributed by atoms with Crippen LogP contribution in [0.15, 0.2) is 34.1 Å². The molecule has 2 rings (SSSR count). The average Bonchev–Trinajstić information content (AvgIpc) is 2.52. The van der Waals surface area contributed by atoms with Gasteiger partial charge in [0.1, 0.15) is 11.6 Å². The molecular formula is C10H6BrFOS. The first-order chi connectivity index (χ1) is 6.68. The molecule has 0 bridgehead atoms. The molecule has 1 nitrogen and oxygen atoms in total. The first kappa shape index (κ1) is 9.68. The molecule has 0 saturated carbocycles. The lowest BCUT2D eigenvalue weighted by Gasteiger charge is -2.01. The quantitative estimate of drug-likeness (QED) is 0.831. The Morgan fingerprint density at radius 2 is 2.07 bits per heavy atom. The zero-order valence-corrected chi connectivity index (χ0v) is 9.40. The summed E-state index contributed by atoms with van der Waals surface area (Å²) in [4.78, 5) is 0.836. The molecule has 0 radical (unpaired) electrons. The first-order valence-electron chi connectivity index (χ1n) is 3.90. The van der Waals surface area contributed by atoms with Gasteiger partial charge in [0.25, 0.3) is 0 Å². The Morgan fingerprint density at radius 1 is 1.29 bits per heavy atom. The molecule has 0 unspecified atom stereocenters. The zero-order valence-electron chi connectivity index (χ0n) is 7.00. The fourth-order valence-corrected chi connectivity index (χ4v) is 2.79. The molecule has 1 aromatic carbocycles. The number of halogens is 2. The maximum Gasteiger partial charge on any atom is 0.135 e. The molecule has 0 aliphatic heterocycles. The average molecular weight is 273 g/mol. The largest absolute Gasteiger partial charge is 0.508 e. The van der Waals surface area contributed by atoms with Crippen molar-refractivity contribution in [2.45, 2.75) is 0 Å². The number of benzene rings is 1. The minimum absolute atomic E-state index is 0.0565. The van der Waals surface area contributed by atoms with Crippen LogP contribution in [0.4, 0.5) is 4.39 Å². The van der Waals surface area contributed by atoms with Gasteiger partial charge in [-0.3, -0.25) is 0 Å². The van der Waals surface area contributed by atoms with E-state index >= 15 is 0 Å². The van der Waals surface area contributed by atoms with Gasteiger partial charge in [0, 0.05) is 16.1 Å². The highest BCUT2D eigenvalue weighted by atomic mass is 79.9. The van der Waals surface area contributed by atoms with Gasteiger partial charge in [-0.25, -0.2) is 4.39 Å². The molecule has 1 heterocycles. The van der Waals surface area contributed by atoms with E-state index in [0.717, 1.165) is 15.4 Å². The van der Waals surface area contributed by atoms with Crippen LogP contribution in [0.5, 0.6) is 5.75 Å². The Kier molecular flexibility index (Phi) is 2.56. The molecule has 0 aliphatic rings. The summed E-state index contributed by atoms with van der Waals surface area (Å²) >= 11 is 4.79. The van der Waals surface area contributed by atoms with Gasteiger partial charge in [0.15, 0.2) is 0 Å². The van der Waals surface area contributed by atoms with Crippen LogP contribution in [0.25, 0.3) is 10.4 Å². The second-order valence-electron chi connectivity index (χ2n) is 2.76. The van der Waals surface area contributed by atoms with Crippen LogP contribution in [-0.4, -0.2) is 5.11 Å². The van der Waals surface area contributed by atoms with E-state index in [-0.39, 0.29) is 5.75 Å². The van der Waals surface area contributed by atoms with Crippen molar-refractivity contribution in [2.24, 2.45) is 0 Å². The normalized spacial score (nSPS) is 10.4. The lowest BCUT2D eigenvalue weighted by Crippen LogP contribution is -1.81. The molecule has 0 fully saturated rings. The lowest BCUT2D eigenvalue weighted by molar-refractivity contribution is 0.469. The summed E-state index contributed by atoms with van der Waals surface area (Å²) in [6, 6.07) is 6.03. The number of hydrogen-bond acceptors (Lipinski definition) is 2. The highest BCUT2D eigenvalue weighted by Crippen LogP contribution is 2.35. The van der Waals surface area contributed by atoms with Crippen molar-refractivity contribution in [2.75, 3.05) is 0 Å².